The first-order valence-corrected chi connectivity index (χ1v) is 4.85. The lowest BCUT2D eigenvalue weighted by Gasteiger charge is -2.11. The van der Waals surface area contributed by atoms with Crippen molar-refractivity contribution in [2.75, 3.05) is 11.9 Å². The number of hydrogen-bond donors (Lipinski definition) is 2. The molecule has 2 N–H and O–H groups in total. The summed E-state index contributed by atoms with van der Waals surface area (Å²) in [5.74, 6) is 0. The Labute approximate surface area is 97.0 Å². The van der Waals surface area contributed by atoms with E-state index in [0.29, 0.717) is 6.54 Å². The Bertz CT molecular complexity index is 416. The number of anilines is 1. The van der Waals surface area contributed by atoms with Crippen molar-refractivity contribution in [3.63, 3.8) is 0 Å². The summed E-state index contributed by atoms with van der Waals surface area (Å²) in [6.45, 7) is 7.40. The Hall–Kier alpha value is -1.72. The van der Waals surface area contributed by atoms with Crippen LogP contribution >= 0.6 is 0 Å². The van der Waals surface area contributed by atoms with Gasteiger partial charge in [-0.25, -0.2) is 4.79 Å². The third-order valence-electron chi connectivity index (χ3n) is 1.88. The van der Waals surface area contributed by atoms with Crippen LogP contribution in [-0.2, 0) is 6.18 Å². The van der Waals surface area contributed by atoms with Gasteiger partial charge in [-0.05, 0) is 37.6 Å². The molecule has 92 valence electrons. The molecule has 0 aromatic heterocycles. The van der Waals surface area contributed by atoms with E-state index in [0.717, 1.165) is 12.1 Å². The minimum atomic E-state index is -4.49. The van der Waals surface area contributed by atoms with Gasteiger partial charge in [0, 0.05) is 12.2 Å². The van der Waals surface area contributed by atoms with Crippen LogP contribution in [0.2, 0.25) is 0 Å². The predicted octanol–water partition coefficient (Wildman–Crippen LogP) is 2.91. The number of amides is 2. The van der Waals surface area contributed by atoms with Crippen LogP contribution in [0.15, 0.2) is 18.2 Å². The predicted molar refractivity (Wildman–Crippen MR) is 57.5 cm³/mol. The molecule has 0 bridgehead atoms. The van der Waals surface area contributed by atoms with E-state index in [4.69, 9.17) is 6.92 Å². The second-order valence-electron chi connectivity index (χ2n) is 3.33. The van der Waals surface area contributed by atoms with Crippen molar-refractivity contribution in [1.82, 2.24) is 5.32 Å². The number of carbonyl (C=O) groups excluding carboxylic acids is 1. The summed E-state index contributed by atoms with van der Waals surface area (Å²) in [6.07, 6.45) is -4.49. The molecule has 0 fully saturated rings. The molecular formula is C11H11F3N2O. The highest BCUT2D eigenvalue weighted by Crippen LogP contribution is 2.31. The van der Waals surface area contributed by atoms with Gasteiger partial charge in [0.1, 0.15) is 0 Å². The number of rotatable bonds is 2. The summed E-state index contributed by atoms with van der Waals surface area (Å²) in [5, 5.41) is 4.67. The van der Waals surface area contributed by atoms with E-state index < -0.39 is 17.8 Å². The summed E-state index contributed by atoms with van der Waals surface area (Å²) >= 11 is 0. The lowest BCUT2D eigenvalue weighted by molar-refractivity contribution is -0.137. The second-order valence-corrected chi connectivity index (χ2v) is 3.33. The van der Waals surface area contributed by atoms with E-state index in [2.05, 4.69) is 10.6 Å². The largest absolute Gasteiger partial charge is 0.416 e. The highest BCUT2D eigenvalue weighted by atomic mass is 19.4. The average molecular weight is 244 g/mol. The fourth-order valence-electron chi connectivity index (χ4n) is 1.22. The van der Waals surface area contributed by atoms with Crippen LogP contribution in [0.5, 0.6) is 0 Å². The van der Waals surface area contributed by atoms with Crippen molar-refractivity contribution in [2.45, 2.75) is 13.1 Å². The normalized spacial score (nSPS) is 11.1. The van der Waals surface area contributed by atoms with E-state index in [1.54, 1.807) is 6.92 Å². The summed E-state index contributed by atoms with van der Waals surface area (Å²) in [6, 6.07) is 2.31. The van der Waals surface area contributed by atoms with E-state index in [-0.39, 0.29) is 11.3 Å². The molecule has 0 atom stereocenters. The molecule has 2 amide bonds. The van der Waals surface area contributed by atoms with E-state index >= 15 is 0 Å². The first-order chi connectivity index (χ1) is 7.82. The Balaban J connectivity index is 2.94. The molecule has 3 nitrogen and oxygen atoms in total. The van der Waals surface area contributed by atoms with Crippen molar-refractivity contribution in [2.24, 2.45) is 0 Å². The van der Waals surface area contributed by atoms with Gasteiger partial charge >= 0.3 is 12.2 Å². The first-order valence-electron chi connectivity index (χ1n) is 4.85. The molecule has 1 aromatic rings. The topological polar surface area (TPSA) is 41.1 Å². The third kappa shape index (κ3) is 3.97. The molecular weight excluding hydrogens is 233 g/mol. The fraction of sp³-hybridized carbons (Fsp3) is 0.273. The number of hydrogen-bond acceptors (Lipinski definition) is 1. The first kappa shape index (κ1) is 13.3. The monoisotopic (exact) mass is 244 g/mol. The van der Waals surface area contributed by atoms with Crippen LogP contribution < -0.4 is 10.6 Å². The molecule has 0 spiro atoms. The van der Waals surface area contributed by atoms with E-state index in [9.17, 15) is 18.0 Å². The molecule has 0 unspecified atom stereocenters. The van der Waals surface area contributed by atoms with Gasteiger partial charge in [0.2, 0.25) is 0 Å². The molecule has 0 aliphatic carbocycles. The van der Waals surface area contributed by atoms with Crippen molar-refractivity contribution >= 4 is 11.7 Å². The summed E-state index contributed by atoms with van der Waals surface area (Å²) in [7, 11) is 0. The molecule has 1 aromatic carbocycles. The average Bonchev–Trinajstić information content (AvgIpc) is 2.15. The Morgan fingerprint density at radius 2 is 2.00 bits per heavy atom. The molecule has 1 rings (SSSR count). The number of carbonyl (C=O) groups is 1. The number of benzene rings is 1. The molecule has 0 heterocycles. The van der Waals surface area contributed by atoms with Crippen LogP contribution in [0.3, 0.4) is 0 Å². The molecule has 0 aliphatic heterocycles. The van der Waals surface area contributed by atoms with Gasteiger partial charge in [-0.3, -0.25) is 0 Å². The molecule has 0 saturated heterocycles. The van der Waals surface area contributed by atoms with Crippen molar-refractivity contribution < 1.29 is 18.0 Å². The number of nitrogens with one attached hydrogen (secondary N) is 2. The number of alkyl halides is 3. The quantitative estimate of drug-likeness (QED) is 0.825. The van der Waals surface area contributed by atoms with Crippen molar-refractivity contribution in [1.29, 1.82) is 0 Å². The fourth-order valence-corrected chi connectivity index (χ4v) is 1.22. The molecule has 2 radical (unpaired) electrons. The Morgan fingerprint density at radius 1 is 1.35 bits per heavy atom. The maximum atomic E-state index is 12.4. The Kier molecular flexibility index (Phi) is 3.98. The van der Waals surface area contributed by atoms with Gasteiger partial charge in [0.15, 0.2) is 0 Å². The lowest BCUT2D eigenvalue weighted by atomic mass is 10.1. The van der Waals surface area contributed by atoms with Crippen molar-refractivity contribution in [3.8, 4) is 0 Å². The highest BCUT2D eigenvalue weighted by Gasteiger charge is 2.31. The second kappa shape index (κ2) is 5.07. The third-order valence-corrected chi connectivity index (χ3v) is 1.88. The zero-order valence-electron chi connectivity index (χ0n) is 9.06. The van der Waals surface area contributed by atoms with Gasteiger partial charge in [0.05, 0.1) is 5.56 Å². The zero-order chi connectivity index (χ0) is 13.1. The zero-order valence-corrected chi connectivity index (χ0v) is 9.06. The minimum absolute atomic E-state index is 0.00303. The van der Waals surface area contributed by atoms with E-state index in [1.807, 2.05) is 0 Å². The van der Waals surface area contributed by atoms with Crippen LogP contribution in [0, 0.1) is 6.92 Å². The maximum Gasteiger partial charge on any atom is 0.416 e. The van der Waals surface area contributed by atoms with Crippen LogP contribution in [0.1, 0.15) is 18.1 Å². The van der Waals surface area contributed by atoms with Crippen LogP contribution in [-0.4, -0.2) is 12.6 Å². The van der Waals surface area contributed by atoms with Gasteiger partial charge in [0.25, 0.3) is 0 Å². The molecule has 0 aliphatic rings. The van der Waals surface area contributed by atoms with Gasteiger partial charge < -0.3 is 10.6 Å². The summed E-state index contributed by atoms with van der Waals surface area (Å²) < 4.78 is 37.3. The highest BCUT2D eigenvalue weighted by molar-refractivity contribution is 5.89. The molecule has 0 saturated carbocycles. The summed E-state index contributed by atoms with van der Waals surface area (Å²) in [4.78, 5) is 11.1. The van der Waals surface area contributed by atoms with Gasteiger partial charge in [-0.2, -0.15) is 13.2 Å². The maximum absolute atomic E-state index is 12.4. The van der Waals surface area contributed by atoms with E-state index in [1.165, 1.54) is 6.07 Å². The minimum Gasteiger partial charge on any atom is -0.338 e. The number of urea groups is 1. The molecule has 17 heavy (non-hydrogen) atoms. The van der Waals surface area contributed by atoms with Crippen LogP contribution in [0.25, 0.3) is 0 Å². The standard InChI is InChI=1S/C11H11F3N2O/c1-3-15-10(17)16-9-5-7(2)4-8(6-9)11(12,13)14/h2,4-6H,3H2,1H3,(H2,15,16,17). The Morgan fingerprint density at radius 3 is 2.53 bits per heavy atom. The SMILES string of the molecule is [CH]c1cc(NC(=O)NCC)cc(C(F)(F)F)c1. The molecule has 6 heteroatoms. The van der Waals surface area contributed by atoms with Crippen LogP contribution in [0.4, 0.5) is 23.7 Å². The van der Waals surface area contributed by atoms with Crippen molar-refractivity contribution in [3.05, 3.63) is 36.2 Å². The summed E-state index contributed by atoms with van der Waals surface area (Å²) in [5.41, 5.74) is -0.959. The lowest BCUT2D eigenvalue weighted by Crippen LogP contribution is -2.28. The smallest absolute Gasteiger partial charge is 0.338 e. The van der Waals surface area contributed by atoms with Gasteiger partial charge in [-0.1, -0.05) is 0 Å². The number of halogens is 3. The van der Waals surface area contributed by atoms with Gasteiger partial charge in [-0.15, -0.1) is 0 Å².